The van der Waals surface area contributed by atoms with E-state index in [-0.39, 0.29) is 0 Å². The molecule has 1 aromatic rings. The molecule has 1 amide bonds. The fraction of sp³-hybridized carbons (Fsp3) is 0.737. The van der Waals surface area contributed by atoms with Crippen molar-refractivity contribution < 1.29 is 9.21 Å². The van der Waals surface area contributed by atoms with E-state index < -0.39 is 0 Å². The van der Waals surface area contributed by atoms with Gasteiger partial charge in [-0.05, 0) is 57.7 Å². The van der Waals surface area contributed by atoms with Gasteiger partial charge in [-0.1, -0.05) is 6.42 Å². The van der Waals surface area contributed by atoms with Gasteiger partial charge in [-0.25, -0.2) is 0 Å². The zero-order valence-corrected chi connectivity index (χ0v) is 14.2. The second-order valence-electron chi connectivity index (χ2n) is 7.96. The summed E-state index contributed by atoms with van der Waals surface area (Å²) in [5.74, 6) is 2.84. The zero-order valence-electron chi connectivity index (χ0n) is 14.2. The molecule has 0 radical (unpaired) electrons. The summed E-state index contributed by atoms with van der Waals surface area (Å²) in [6, 6.07) is 4.14. The topological polar surface area (TPSA) is 36.7 Å². The van der Waals surface area contributed by atoms with Crippen LogP contribution in [0.1, 0.15) is 50.0 Å². The molecule has 126 valence electrons. The monoisotopic (exact) mass is 316 g/mol. The largest absolute Gasteiger partial charge is 0.465 e. The predicted molar refractivity (Wildman–Crippen MR) is 88.9 cm³/mol. The van der Waals surface area contributed by atoms with Crippen molar-refractivity contribution in [2.24, 2.45) is 11.3 Å². The standard InChI is InChI=1S/C19H28N2O2/c1-15-6-7-17(23-15)12-20-10-3-8-19(13-20)9-11-21(14-19)18(22)16-4-2-5-16/h6-7,16H,2-5,8-14H2,1H3/t19-/m0/s1. The average molecular weight is 316 g/mol. The first-order valence-corrected chi connectivity index (χ1v) is 9.20. The van der Waals surface area contributed by atoms with E-state index in [4.69, 9.17) is 4.42 Å². The lowest BCUT2D eigenvalue weighted by Crippen LogP contribution is -2.46. The number of carbonyl (C=O) groups excluding carboxylic acids is 1. The lowest BCUT2D eigenvalue weighted by atomic mass is 9.79. The van der Waals surface area contributed by atoms with Crippen LogP contribution >= 0.6 is 0 Å². The molecule has 4 rings (SSSR count). The second kappa shape index (κ2) is 5.97. The SMILES string of the molecule is Cc1ccc(CN2CCC[C@]3(CCN(C(=O)C4CCC4)C3)C2)o1. The molecule has 3 heterocycles. The van der Waals surface area contributed by atoms with Gasteiger partial charge in [0.05, 0.1) is 6.54 Å². The first-order chi connectivity index (χ1) is 11.1. The van der Waals surface area contributed by atoms with Crippen molar-refractivity contribution in [3.63, 3.8) is 0 Å². The van der Waals surface area contributed by atoms with Gasteiger partial charge >= 0.3 is 0 Å². The number of amides is 1. The fourth-order valence-electron chi connectivity index (χ4n) is 4.61. The summed E-state index contributed by atoms with van der Waals surface area (Å²) in [5.41, 5.74) is 0.333. The van der Waals surface area contributed by atoms with Crippen LogP contribution in [-0.4, -0.2) is 41.9 Å². The summed E-state index contributed by atoms with van der Waals surface area (Å²) in [5, 5.41) is 0. The van der Waals surface area contributed by atoms with E-state index in [9.17, 15) is 4.79 Å². The highest BCUT2D eigenvalue weighted by molar-refractivity contribution is 5.80. The number of piperidine rings is 1. The van der Waals surface area contributed by atoms with Crippen molar-refractivity contribution in [2.45, 2.75) is 52.0 Å². The lowest BCUT2D eigenvalue weighted by Gasteiger charge is -2.40. The third-order valence-corrected chi connectivity index (χ3v) is 6.12. The van der Waals surface area contributed by atoms with Crippen LogP contribution in [0.25, 0.3) is 0 Å². The summed E-state index contributed by atoms with van der Waals surface area (Å²) in [7, 11) is 0. The van der Waals surface area contributed by atoms with Gasteiger partial charge in [-0.2, -0.15) is 0 Å². The van der Waals surface area contributed by atoms with Gasteiger partial charge in [0.25, 0.3) is 0 Å². The maximum atomic E-state index is 12.5. The number of aryl methyl sites for hydroxylation is 1. The van der Waals surface area contributed by atoms with Crippen LogP contribution in [0, 0.1) is 18.3 Å². The lowest BCUT2D eigenvalue weighted by molar-refractivity contribution is -0.137. The second-order valence-corrected chi connectivity index (χ2v) is 7.96. The number of hydrogen-bond donors (Lipinski definition) is 0. The quantitative estimate of drug-likeness (QED) is 0.859. The third-order valence-electron chi connectivity index (χ3n) is 6.12. The van der Waals surface area contributed by atoms with Crippen LogP contribution in [0.5, 0.6) is 0 Å². The van der Waals surface area contributed by atoms with Gasteiger partial charge in [-0.15, -0.1) is 0 Å². The molecule has 1 aliphatic carbocycles. The smallest absolute Gasteiger partial charge is 0.225 e. The number of rotatable bonds is 3. The molecule has 3 aliphatic rings. The van der Waals surface area contributed by atoms with Crippen molar-refractivity contribution >= 4 is 5.91 Å². The van der Waals surface area contributed by atoms with Crippen LogP contribution in [0.3, 0.4) is 0 Å². The molecule has 1 spiro atoms. The predicted octanol–water partition coefficient (Wildman–Crippen LogP) is 3.20. The molecular formula is C19H28N2O2. The Labute approximate surface area is 138 Å². The van der Waals surface area contributed by atoms with E-state index in [1.807, 2.05) is 13.0 Å². The van der Waals surface area contributed by atoms with Crippen LogP contribution in [0.15, 0.2) is 16.5 Å². The number of likely N-dealkylation sites (tertiary alicyclic amines) is 2. The first kappa shape index (κ1) is 15.3. The Morgan fingerprint density at radius 1 is 1.22 bits per heavy atom. The van der Waals surface area contributed by atoms with E-state index in [0.29, 0.717) is 17.2 Å². The molecule has 3 fully saturated rings. The van der Waals surface area contributed by atoms with Crippen LogP contribution in [0.2, 0.25) is 0 Å². The minimum Gasteiger partial charge on any atom is -0.465 e. The molecule has 4 heteroatoms. The first-order valence-electron chi connectivity index (χ1n) is 9.20. The molecule has 0 aromatic carbocycles. The Hall–Kier alpha value is -1.29. The Balaban J connectivity index is 1.37. The van der Waals surface area contributed by atoms with E-state index in [1.165, 1.54) is 25.7 Å². The molecule has 1 aromatic heterocycles. The number of furan rings is 1. The molecule has 1 atom stereocenters. The van der Waals surface area contributed by atoms with E-state index in [0.717, 1.165) is 57.1 Å². The summed E-state index contributed by atoms with van der Waals surface area (Å²) in [4.78, 5) is 17.2. The highest BCUT2D eigenvalue weighted by Crippen LogP contribution is 2.41. The molecule has 0 bridgehead atoms. The number of hydrogen-bond acceptors (Lipinski definition) is 3. The van der Waals surface area contributed by atoms with E-state index in [1.54, 1.807) is 0 Å². The highest BCUT2D eigenvalue weighted by Gasteiger charge is 2.44. The molecule has 2 saturated heterocycles. The third kappa shape index (κ3) is 3.06. The minimum absolute atomic E-state index is 0.333. The normalized spacial score (nSPS) is 29.2. The Kier molecular flexibility index (Phi) is 3.96. The van der Waals surface area contributed by atoms with Gasteiger partial charge in [0.1, 0.15) is 11.5 Å². The Morgan fingerprint density at radius 2 is 2.09 bits per heavy atom. The van der Waals surface area contributed by atoms with Crippen LogP contribution < -0.4 is 0 Å². The fourth-order valence-corrected chi connectivity index (χ4v) is 4.61. The summed E-state index contributed by atoms with van der Waals surface area (Å²) < 4.78 is 5.74. The average Bonchev–Trinajstić information content (AvgIpc) is 3.04. The van der Waals surface area contributed by atoms with Crippen molar-refractivity contribution in [1.82, 2.24) is 9.80 Å². The van der Waals surface area contributed by atoms with Crippen LogP contribution in [0.4, 0.5) is 0 Å². The van der Waals surface area contributed by atoms with Gasteiger partial charge in [0.2, 0.25) is 5.91 Å². The van der Waals surface area contributed by atoms with Gasteiger partial charge in [0, 0.05) is 31.0 Å². The maximum absolute atomic E-state index is 12.5. The van der Waals surface area contributed by atoms with E-state index >= 15 is 0 Å². The molecule has 23 heavy (non-hydrogen) atoms. The number of carbonyl (C=O) groups is 1. The van der Waals surface area contributed by atoms with Gasteiger partial charge in [-0.3, -0.25) is 9.69 Å². The van der Waals surface area contributed by atoms with Crippen molar-refractivity contribution in [3.05, 3.63) is 23.7 Å². The van der Waals surface area contributed by atoms with Gasteiger partial charge in [0.15, 0.2) is 0 Å². The highest BCUT2D eigenvalue weighted by atomic mass is 16.3. The van der Waals surface area contributed by atoms with Gasteiger partial charge < -0.3 is 9.32 Å². The molecule has 4 nitrogen and oxygen atoms in total. The number of nitrogens with zero attached hydrogens (tertiary/aromatic N) is 2. The molecule has 2 aliphatic heterocycles. The molecule has 0 unspecified atom stereocenters. The minimum atomic E-state index is 0.333. The Bertz CT molecular complexity index is 578. The molecular weight excluding hydrogens is 288 g/mol. The van der Waals surface area contributed by atoms with Crippen molar-refractivity contribution in [1.29, 1.82) is 0 Å². The summed E-state index contributed by atoms with van der Waals surface area (Å²) in [6.07, 6.45) is 7.17. The van der Waals surface area contributed by atoms with E-state index in [2.05, 4.69) is 15.9 Å². The Morgan fingerprint density at radius 3 is 2.78 bits per heavy atom. The maximum Gasteiger partial charge on any atom is 0.225 e. The van der Waals surface area contributed by atoms with Crippen molar-refractivity contribution in [2.75, 3.05) is 26.2 Å². The molecule has 0 N–H and O–H groups in total. The zero-order chi connectivity index (χ0) is 15.9. The van der Waals surface area contributed by atoms with Crippen molar-refractivity contribution in [3.8, 4) is 0 Å². The summed E-state index contributed by atoms with van der Waals surface area (Å²) >= 11 is 0. The molecule has 1 saturated carbocycles. The summed E-state index contributed by atoms with van der Waals surface area (Å²) in [6.45, 7) is 7.13. The van der Waals surface area contributed by atoms with Crippen LogP contribution in [-0.2, 0) is 11.3 Å².